The van der Waals surface area contributed by atoms with Gasteiger partial charge in [-0.05, 0) is 59.8 Å². The number of carbonyl (C=O) groups is 2. The van der Waals surface area contributed by atoms with Crippen LogP contribution in [-0.2, 0) is 17.9 Å². The van der Waals surface area contributed by atoms with Crippen LogP contribution in [0.1, 0.15) is 16.7 Å². The van der Waals surface area contributed by atoms with Crippen LogP contribution < -0.4 is 4.74 Å². The Morgan fingerprint density at radius 1 is 0.879 bits per heavy atom. The number of amides is 2. The van der Waals surface area contributed by atoms with E-state index in [2.05, 4.69) is 0 Å². The summed E-state index contributed by atoms with van der Waals surface area (Å²) in [4.78, 5) is 26.7. The molecule has 0 radical (unpaired) electrons. The third kappa shape index (κ3) is 5.68. The highest BCUT2D eigenvalue weighted by Gasteiger charge is 2.35. The van der Waals surface area contributed by atoms with E-state index in [-0.39, 0.29) is 11.8 Å². The number of hydrogen-bond acceptors (Lipinski definition) is 4. The van der Waals surface area contributed by atoms with Crippen LogP contribution in [0.4, 0.5) is 4.79 Å². The van der Waals surface area contributed by atoms with Gasteiger partial charge in [0.2, 0.25) is 0 Å². The fraction of sp³-hybridized carbons (Fsp3) is 0.0833. The maximum absolute atomic E-state index is 12.8. The third-order valence-electron chi connectivity index (χ3n) is 4.84. The molecule has 4 nitrogen and oxygen atoms in total. The first-order valence-corrected chi connectivity index (χ1v) is 12.0. The minimum Gasteiger partial charge on any atom is -0.489 e. The first kappa shape index (κ1) is 24.0. The van der Waals surface area contributed by atoms with Gasteiger partial charge in [0, 0.05) is 31.2 Å². The van der Waals surface area contributed by atoms with Gasteiger partial charge >= 0.3 is 0 Å². The van der Waals surface area contributed by atoms with Gasteiger partial charge in [-0.25, -0.2) is 0 Å². The summed E-state index contributed by atoms with van der Waals surface area (Å²) >= 11 is 25.3. The van der Waals surface area contributed by atoms with Gasteiger partial charge in [0.25, 0.3) is 11.1 Å². The maximum Gasteiger partial charge on any atom is 0.293 e. The summed E-state index contributed by atoms with van der Waals surface area (Å²) in [6.07, 6.45) is 1.67. The van der Waals surface area contributed by atoms with E-state index >= 15 is 0 Å². The van der Waals surface area contributed by atoms with Crippen LogP contribution in [0.25, 0.3) is 6.08 Å². The van der Waals surface area contributed by atoms with E-state index in [1.54, 1.807) is 60.7 Å². The Labute approximate surface area is 215 Å². The van der Waals surface area contributed by atoms with Gasteiger partial charge in [0.1, 0.15) is 12.4 Å². The Morgan fingerprint density at radius 3 is 2.24 bits per heavy atom. The van der Waals surface area contributed by atoms with E-state index in [1.165, 1.54) is 0 Å². The Kier molecular flexibility index (Phi) is 7.57. The van der Waals surface area contributed by atoms with Crippen LogP contribution in [0.3, 0.4) is 0 Å². The number of thioether (sulfide) groups is 1. The van der Waals surface area contributed by atoms with Crippen LogP contribution in [0.2, 0.25) is 20.1 Å². The predicted molar refractivity (Wildman–Crippen MR) is 135 cm³/mol. The SMILES string of the molecule is O=C1S/C(=C\c2ccc(OCc3ccc(Cl)cc3Cl)cc2)C(=O)N1Cc1c(Cl)cccc1Cl. The lowest BCUT2D eigenvalue weighted by molar-refractivity contribution is -0.123. The molecular weight excluding hydrogens is 524 g/mol. The number of ether oxygens (including phenoxy) is 1. The number of imide groups is 1. The van der Waals surface area contributed by atoms with Crippen molar-refractivity contribution in [3.05, 3.63) is 102 Å². The van der Waals surface area contributed by atoms with Gasteiger partial charge in [0.15, 0.2) is 0 Å². The number of hydrogen-bond donors (Lipinski definition) is 0. The molecule has 168 valence electrons. The fourth-order valence-corrected chi connectivity index (χ4v) is 4.91. The van der Waals surface area contributed by atoms with Crippen LogP contribution in [0.5, 0.6) is 5.75 Å². The van der Waals surface area contributed by atoms with Gasteiger partial charge in [-0.1, -0.05) is 70.7 Å². The molecule has 1 heterocycles. The number of nitrogens with zero attached hydrogens (tertiary/aromatic N) is 1. The molecule has 1 aliphatic rings. The highest BCUT2D eigenvalue weighted by atomic mass is 35.5. The average Bonchev–Trinajstić information content (AvgIpc) is 3.04. The summed E-state index contributed by atoms with van der Waals surface area (Å²) in [5.74, 6) is 0.248. The van der Waals surface area contributed by atoms with E-state index in [4.69, 9.17) is 51.1 Å². The van der Waals surface area contributed by atoms with Crippen molar-refractivity contribution in [1.82, 2.24) is 4.90 Å². The summed E-state index contributed by atoms with van der Waals surface area (Å²) < 4.78 is 5.77. The highest BCUT2D eigenvalue weighted by molar-refractivity contribution is 8.18. The van der Waals surface area contributed by atoms with Gasteiger partial charge in [-0.2, -0.15) is 0 Å². The molecule has 0 N–H and O–H groups in total. The normalized spacial score (nSPS) is 14.9. The number of halogens is 4. The first-order valence-electron chi connectivity index (χ1n) is 9.67. The van der Waals surface area contributed by atoms with E-state index in [0.717, 1.165) is 27.8 Å². The van der Waals surface area contributed by atoms with Crippen molar-refractivity contribution in [2.75, 3.05) is 0 Å². The lowest BCUT2D eigenvalue weighted by Gasteiger charge is -2.14. The minimum absolute atomic E-state index is 0.0144. The Bertz CT molecular complexity index is 1240. The smallest absolute Gasteiger partial charge is 0.293 e. The monoisotopic (exact) mass is 537 g/mol. The molecule has 3 aromatic rings. The van der Waals surface area contributed by atoms with Crippen molar-refractivity contribution in [3.8, 4) is 5.75 Å². The summed E-state index contributed by atoms with van der Waals surface area (Å²) in [5, 5.41) is 1.53. The zero-order valence-corrected chi connectivity index (χ0v) is 20.7. The van der Waals surface area contributed by atoms with E-state index < -0.39 is 5.91 Å². The molecule has 1 aliphatic heterocycles. The van der Waals surface area contributed by atoms with E-state index in [0.29, 0.717) is 42.9 Å². The molecule has 0 aliphatic carbocycles. The summed E-state index contributed by atoms with van der Waals surface area (Å²) in [6.45, 7) is 0.305. The Morgan fingerprint density at radius 2 is 1.58 bits per heavy atom. The van der Waals surface area contributed by atoms with Crippen molar-refractivity contribution >= 4 is 75.4 Å². The topological polar surface area (TPSA) is 46.6 Å². The van der Waals surface area contributed by atoms with Crippen LogP contribution in [-0.4, -0.2) is 16.0 Å². The first-order chi connectivity index (χ1) is 15.8. The zero-order valence-electron chi connectivity index (χ0n) is 16.9. The van der Waals surface area contributed by atoms with Gasteiger partial charge in [-0.15, -0.1) is 0 Å². The van der Waals surface area contributed by atoms with E-state index in [1.807, 2.05) is 6.07 Å². The van der Waals surface area contributed by atoms with E-state index in [9.17, 15) is 9.59 Å². The number of carbonyl (C=O) groups excluding carboxylic acids is 2. The molecule has 0 spiro atoms. The second-order valence-electron chi connectivity index (χ2n) is 7.06. The van der Waals surface area contributed by atoms with Gasteiger partial charge in [-0.3, -0.25) is 14.5 Å². The van der Waals surface area contributed by atoms with Crippen molar-refractivity contribution in [2.24, 2.45) is 0 Å². The molecule has 0 bridgehead atoms. The van der Waals surface area contributed by atoms with Crippen molar-refractivity contribution in [3.63, 3.8) is 0 Å². The highest BCUT2D eigenvalue weighted by Crippen LogP contribution is 2.35. The number of rotatable bonds is 6. The zero-order chi connectivity index (χ0) is 23.5. The maximum atomic E-state index is 12.8. The Balaban J connectivity index is 1.43. The molecule has 3 aromatic carbocycles. The molecular formula is C24H15Cl4NO3S. The largest absolute Gasteiger partial charge is 0.489 e. The summed E-state index contributed by atoms with van der Waals surface area (Å²) in [7, 11) is 0. The lowest BCUT2D eigenvalue weighted by Crippen LogP contribution is -2.27. The van der Waals surface area contributed by atoms with Gasteiger partial charge in [0.05, 0.1) is 11.4 Å². The van der Waals surface area contributed by atoms with Crippen molar-refractivity contribution in [2.45, 2.75) is 13.2 Å². The molecule has 2 amide bonds. The second kappa shape index (κ2) is 10.4. The lowest BCUT2D eigenvalue weighted by atomic mass is 10.2. The fourth-order valence-electron chi connectivity index (χ4n) is 3.09. The number of benzene rings is 3. The second-order valence-corrected chi connectivity index (χ2v) is 9.71. The Hall–Kier alpha value is -2.15. The quantitative estimate of drug-likeness (QED) is 0.297. The predicted octanol–water partition coefficient (Wildman–Crippen LogP) is 8.12. The molecule has 1 saturated heterocycles. The third-order valence-corrected chi connectivity index (χ3v) is 7.04. The van der Waals surface area contributed by atoms with Crippen LogP contribution in [0.15, 0.2) is 65.6 Å². The van der Waals surface area contributed by atoms with Crippen molar-refractivity contribution < 1.29 is 14.3 Å². The molecule has 1 fully saturated rings. The molecule has 33 heavy (non-hydrogen) atoms. The van der Waals surface area contributed by atoms with Crippen molar-refractivity contribution in [1.29, 1.82) is 0 Å². The molecule has 4 rings (SSSR count). The van der Waals surface area contributed by atoms with Crippen LogP contribution in [0, 0.1) is 0 Å². The standard InChI is InChI=1S/C24H15Cl4NO3S/c25-16-7-6-15(21(28)11-16)13-32-17-8-4-14(5-9-17)10-22-23(30)29(24(31)33-22)12-18-19(26)2-1-3-20(18)27/h1-11H,12-13H2/b22-10-. The molecule has 0 saturated carbocycles. The molecule has 0 atom stereocenters. The molecule has 0 aromatic heterocycles. The molecule has 9 heteroatoms. The summed E-state index contributed by atoms with van der Waals surface area (Å²) in [5.41, 5.74) is 2.11. The summed E-state index contributed by atoms with van der Waals surface area (Å²) in [6, 6.07) is 17.4. The van der Waals surface area contributed by atoms with Gasteiger partial charge < -0.3 is 4.74 Å². The minimum atomic E-state index is -0.390. The molecule has 0 unspecified atom stereocenters. The van der Waals surface area contributed by atoms with Crippen LogP contribution >= 0.6 is 58.2 Å². The average molecular weight is 539 g/mol.